The molecule has 0 saturated carbocycles. The van der Waals surface area contributed by atoms with Gasteiger partial charge in [-0.3, -0.25) is 4.79 Å². The number of carbonyl (C=O) groups is 1. The van der Waals surface area contributed by atoms with Crippen LogP contribution in [0.25, 0.3) is 21.6 Å². The van der Waals surface area contributed by atoms with Crippen LogP contribution in [0.5, 0.6) is 0 Å². The lowest BCUT2D eigenvalue weighted by Gasteiger charge is -2.37. The highest BCUT2D eigenvalue weighted by molar-refractivity contribution is 7.14. The van der Waals surface area contributed by atoms with Gasteiger partial charge in [0.05, 0.1) is 17.3 Å². The number of anilines is 1. The molecule has 10 heteroatoms. The van der Waals surface area contributed by atoms with Crippen LogP contribution < -0.4 is 5.32 Å². The number of aromatic amines is 1. The molecule has 1 fully saturated rings. The van der Waals surface area contributed by atoms with Gasteiger partial charge in [0.15, 0.2) is 5.01 Å². The molecule has 3 aromatic heterocycles. The largest absolute Gasteiger partial charge is 0.379 e. The van der Waals surface area contributed by atoms with E-state index in [-0.39, 0.29) is 18.4 Å². The monoisotopic (exact) mass is 413 g/mol. The van der Waals surface area contributed by atoms with Gasteiger partial charge in [-0.05, 0) is 18.4 Å². The van der Waals surface area contributed by atoms with Crippen LogP contribution in [0.2, 0.25) is 0 Å². The molecule has 1 aliphatic rings. The number of alkyl halides is 1. The number of halogens is 1. The molecule has 0 bridgehead atoms. The maximum atomic E-state index is 13.0. The normalized spacial score (nSPS) is 19.3. The van der Waals surface area contributed by atoms with E-state index in [1.165, 1.54) is 11.3 Å². The van der Waals surface area contributed by atoms with Gasteiger partial charge in [0.2, 0.25) is 5.91 Å². The van der Waals surface area contributed by atoms with Gasteiger partial charge < -0.3 is 15.2 Å². The number of hydrogen-bond donors (Lipinski definition) is 2. The maximum Gasteiger partial charge on any atom is 0.236 e. The Bertz CT molecular complexity index is 1070. The Hall–Kier alpha value is -3.06. The molecule has 2 atom stereocenters. The Balaban J connectivity index is 1.67. The lowest BCUT2D eigenvalue weighted by Crippen LogP contribution is -2.48. The highest BCUT2D eigenvalue weighted by atomic mass is 32.1. The number of rotatable bonds is 5. The van der Waals surface area contributed by atoms with E-state index < -0.39 is 6.67 Å². The lowest BCUT2D eigenvalue weighted by atomic mass is 9.95. The number of H-pyrrole nitrogens is 1. The van der Waals surface area contributed by atoms with Crippen molar-refractivity contribution in [1.82, 2.24) is 25.1 Å². The SMILES string of the molecule is C[C@H]1C[C@@H](Nc2c(-c3nnc(CF)s3)cnc3[nH]ccc23)CN(C(=O)CC#N)C1. The van der Waals surface area contributed by atoms with Crippen LogP contribution in [0.1, 0.15) is 24.8 Å². The fraction of sp³-hybridized carbons (Fsp3) is 0.421. The van der Waals surface area contributed by atoms with Crippen molar-refractivity contribution in [2.75, 3.05) is 18.4 Å². The number of likely N-dealkylation sites (tertiary alicyclic amines) is 1. The number of carbonyl (C=O) groups excluding carboxylic acids is 1. The van der Waals surface area contributed by atoms with Gasteiger partial charge in [-0.2, -0.15) is 5.26 Å². The summed E-state index contributed by atoms with van der Waals surface area (Å²) in [5.74, 6) is 0.153. The third-order valence-corrected chi connectivity index (χ3v) is 5.91. The second kappa shape index (κ2) is 8.13. The second-order valence-corrected chi connectivity index (χ2v) is 8.30. The molecular weight excluding hydrogens is 393 g/mol. The Kier molecular flexibility index (Phi) is 5.40. The summed E-state index contributed by atoms with van der Waals surface area (Å²) in [5.41, 5.74) is 2.32. The number of nitrogens with zero attached hydrogens (tertiary/aromatic N) is 5. The summed E-state index contributed by atoms with van der Waals surface area (Å²) in [4.78, 5) is 21.5. The number of pyridine rings is 1. The second-order valence-electron chi connectivity index (χ2n) is 7.24. The molecule has 0 aliphatic carbocycles. The van der Waals surface area contributed by atoms with Crippen LogP contribution in [0.15, 0.2) is 18.5 Å². The number of fused-ring (bicyclic) bond motifs is 1. The smallest absolute Gasteiger partial charge is 0.236 e. The number of nitriles is 1. The van der Waals surface area contributed by atoms with Crippen molar-refractivity contribution in [2.45, 2.75) is 32.5 Å². The van der Waals surface area contributed by atoms with E-state index in [2.05, 4.69) is 32.4 Å². The summed E-state index contributed by atoms with van der Waals surface area (Å²) in [5, 5.41) is 22.2. The summed E-state index contributed by atoms with van der Waals surface area (Å²) < 4.78 is 13.0. The molecule has 4 heterocycles. The molecule has 8 nitrogen and oxygen atoms in total. The first-order chi connectivity index (χ1) is 14.1. The van der Waals surface area contributed by atoms with Crippen molar-refractivity contribution in [3.8, 4) is 16.6 Å². The van der Waals surface area contributed by atoms with Gasteiger partial charge in [0.1, 0.15) is 23.8 Å². The van der Waals surface area contributed by atoms with Gasteiger partial charge in [0, 0.05) is 36.9 Å². The van der Waals surface area contributed by atoms with Crippen molar-refractivity contribution in [2.24, 2.45) is 5.92 Å². The molecule has 4 rings (SSSR count). The van der Waals surface area contributed by atoms with E-state index in [0.29, 0.717) is 29.0 Å². The number of nitrogens with one attached hydrogen (secondary N) is 2. The van der Waals surface area contributed by atoms with Crippen molar-refractivity contribution in [3.63, 3.8) is 0 Å². The Morgan fingerprint density at radius 3 is 3.10 bits per heavy atom. The van der Waals surface area contributed by atoms with Crippen LogP contribution in [0.4, 0.5) is 10.1 Å². The standard InChI is InChI=1S/C19H20FN7OS/c1-11-6-12(10-27(9-11)16(28)2-4-21)24-17-13-3-5-22-18(13)23-8-14(17)19-26-25-15(7-20)29-19/h3,5,8,11-12H,2,6-7,9-10H2,1H3,(H2,22,23,24)/t11-,12+/m0/s1. The quantitative estimate of drug-likeness (QED) is 0.665. The minimum atomic E-state index is -0.656. The molecule has 0 radical (unpaired) electrons. The summed E-state index contributed by atoms with van der Waals surface area (Å²) in [6.07, 6.45) is 4.29. The van der Waals surface area contributed by atoms with Crippen LogP contribution in [0, 0.1) is 17.2 Å². The zero-order chi connectivity index (χ0) is 20.4. The fourth-order valence-electron chi connectivity index (χ4n) is 3.79. The van der Waals surface area contributed by atoms with Crippen LogP contribution in [-0.4, -0.2) is 50.1 Å². The van der Waals surface area contributed by atoms with E-state index in [1.54, 1.807) is 11.1 Å². The maximum absolute atomic E-state index is 13.0. The average Bonchev–Trinajstić information content (AvgIpc) is 3.37. The molecular formula is C19H20FN7OS. The molecule has 0 spiro atoms. The summed E-state index contributed by atoms with van der Waals surface area (Å²) in [6.45, 7) is 2.61. The van der Waals surface area contributed by atoms with Gasteiger partial charge in [-0.15, -0.1) is 10.2 Å². The summed E-state index contributed by atoms with van der Waals surface area (Å²) >= 11 is 1.20. The molecule has 1 aliphatic heterocycles. The minimum Gasteiger partial charge on any atom is -0.379 e. The third-order valence-electron chi connectivity index (χ3n) is 4.99. The highest BCUT2D eigenvalue weighted by Crippen LogP contribution is 2.36. The Labute approximate surface area is 170 Å². The van der Waals surface area contributed by atoms with E-state index in [1.807, 2.05) is 18.3 Å². The van der Waals surface area contributed by atoms with E-state index in [0.717, 1.165) is 28.7 Å². The molecule has 1 saturated heterocycles. The number of piperidine rings is 1. The van der Waals surface area contributed by atoms with E-state index in [9.17, 15) is 9.18 Å². The first kappa shape index (κ1) is 19.3. The molecule has 0 unspecified atom stereocenters. The van der Waals surface area contributed by atoms with Crippen molar-refractivity contribution in [1.29, 1.82) is 5.26 Å². The molecule has 150 valence electrons. The molecule has 29 heavy (non-hydrogen) atoms. The van der Waals surface area contributed by atoms with Crippen LogP contribution >= 0.6 is 11.3 Å². The number of aromatic nitrogens is 4. The fourth-order valence-corrected chi connectivity index (χ4v) is 4.49. The zero-order valence-electron chi connectivity index (χ0n) is 15.9. The van der Waals surface area contributed by atoms with Crippen LogP contribution in [0.3, 0.4) is 0 Å². The topological polar surface area (TPSA) is 111 Å². The van der Waals surface area contributed by atoms with E-state index in [4.69, 9.17) is 5.26 Å². The molecule has 3 aromatic rings. The molecule has 1 amide bonds. The Morgan fingerprint density at radius 2 is 2.34 bits per heavy atom. The average molecular weight is 413 g/mol. The lowest BCUT2D eigenvalue weighted by molar-refractivity contribution is -0.132. The predicted molar refractivity (Wildman–Crippen MR) is 108 cm³/mol. The highest BCUT2D eigenvalue weighted by Gasteiger charge is 2.29. The minimum absolute atomic E-state index is 0.00853. The molecule has 2 N–H and O–H groups in total. The number of hydrogen-bond acceptors (Lipinski definition) is 7. The zero-order valence-corrected chi connectivity index (χ0v) is 16.7. The number of amides is 1. The van der Waals surface area contributed by atoms with Gasteiger partial charge in [-0.1, -0.05) is 18.3 Å². The van der Waals surface area contributed by atoms with Crippen molar-refractivity contribution >= 4 is 34.0 Å². The Morgan fingerprint density at radius 1 is 1.48 bits per heavy atom. The predicted octanol–water partition coefficient (Wildman–Crippen LogP) is 3.11. The van der Waals surface area contributed by atoms with Crippen molar-refractivity contribution in [3.05, 3.63) is 23.5 Å². The van der Waals surface area contributed by atoms with Crippen LogP contribution in [-0.2, 0) is 11.5 Å². The molecule has 0 aromatic carbocycles. The van der Waals surface area contributed by atoms with Crippen molar-refractivity contribution < 1.29 is 9.18 Å². The van der Waals surface area contributed by atoms with E-state index >= 15 is 0 Å². The van der Waals surface area contributed by atoms with Gasteiger partial charge in [0.25, 0.3) is 0 Å². The summed E-state index contributed by atoms with van der Waals surface area (Å²) in [7, 11) is 0. The van der Waals surface area contributed by atoms with Gasteiger partial charge in [-0.25, -0.2) is 9.37 Å². The first-order valence-corrected chi connectivity index (χ1v) is 10.2. The van der Waals surface area contributed by atoms with Gasteiger partial charge >= 0.3 is 0 Å². The third kappa shape index (κ3) is 3.91. The first-order valence-electron chi connectivity index (χ1n) is 9.35. The summed E-state index contributed by atoms with van der Waals surface area (Å²) in [6, 6.07) is 3.87.